The molecule has 3 nitrogen and oxygen atoms in total. The van der Waals surface area contributed by atoms with Crippen LogP contribution in [-0.4, -0.2) is 41.9 Å². The number of amides is 1. The quantitative estimate of drug-likeness (QED) is 0.339. The number of halogens is 1. The molecule has 1 fully saturated rings. The minimum Gasteiger partial charge on any atom is -0.336 e. The summed E-state index contributed by atoms with van der Waals surface area (Å²) in [7, 11) is 0. The van der Waals surface area contributed by atoms with Crippen LogP contribution < -0.4 is 0 Å². The highest BCUT2D eigenvalue weighted by atomic mass is 79.9. The van der Waals surface area contributed by atoms with E-state index in [4.69, 9.17) is 0 Å². The molecule has 1 aromatic heterocycles. The van der Waals surface area contributed by atoms with Crippen molar-refractivity contribution in [3.05, 3.63) is 105 Å². The maximum absolute atomic E-state index is 13.2. The molecular formula is C26H23BrN2OS. The molecule has 2 heterocycles. The van der Waals surface area contributed by atoms with Gasteiger partial charge >= 0.3 is 0 Å². The summed E-state index contributed by atoms with van der Waals surface area (Å²) in [6.45, 7) is 3.18. The van der Waals surface area contributed by atoms with E-state index in [1.165, 1.54) is 15.8 Å². The lowest BCUT2D eigenvalue weighted by Gasteiger charge is -2.39. The van der Waals surface area contributed by atoms with E-state index in [0.29, 0.717) is 0 Å². The van der Waals surface area contributed by atoms with Crippen LogP contribution in [-0.2, 0) is 0 Å². The number of carbonyl (C=O) groups is 1. The third kappa shape index (κ3) is 4.18. The second-order valence-electron chi connectivity index (χ2n) is 7.84. The molecule has 0 N–H and O–H groups in total. The number of rotatable bonds is 4. The first-order chi connectivity index (χ1) is 15.2. The molecule has 5 heteroatoms. The van der Waals surface area contributed by atoms with Crippen LogP contribution in [0, 0.1) is 0 Å². The van der Waals surface area contributed by atoms with Crippen LogP contribution in [0.2, 0.25) is 0 Å². The number of piperazine rings is 1. The van der Waals surface area contributed by atoms with E-state index in [9.17, 15) is 4.79 Å². The fourth-order valence-electron chi connectivity index (χ4n) is 4.39. The van der Waals surface area contributed by atoms with Crippen LogP contribution in [0.3, 0.4) is 0 Å². The van der Waals surface area contributed by atoms with E-state index >= 15 is 0 Å². The predicted molar refractivity (Wildman–Crippen MR) is 132 cm³/mol. The van der Waals surface area contributed by atoms with Crippen molar-refractivity contribution in [2.75, 3.05) is 26.2 Å². The number of fused-ring (bicyclic) bond motifs is 1. The molecule has 4 aromatic rings. The summed E-state index contributed by atoms with van der Waals surface area (Å²) < 4.78 is 2.25. The average Bonchev–Trinajstić information content (AvgIpc) is 3.25. The molecule has 0 unspecified atom stereocenters. The Bertz CT molecular complexity index is 1180. The van der Waals surface area contributed by atoms with E-state index in [0.717, 1.165) is 41.6 Å². The minimum absolute atomic E-state index is 0.150. The Hall–Kier alpha value is -2.47. The van der Waals surface area contributed by atoms with Crippen LogP contribution >= 0.6 is 27.3 Å². The van der Waals surface area contributed by atoms with Gasteiger partial charge in [-0.3, -0.25) is 9.69 Å². The van der Waals surface area contributed by atoms with Gasteiger partial charge in [0.1, 0.15) is 0 Å². The molecule has 31 heavy (non-hydrogen) atoms. The maximum atomic E-state index is 13.2. The Balaban J connectivity index is 1.36. The van der Waals surface area contributed by atoms with E-state index < -0.39 is 0 Å². The van der Waals surface area contributed by atoms with E-state index in [1.807, 2.05) is 28.5 Å². The Labute approximate surface area is 195 Å². The van der Waals surface area contributed by atoms with Crippen molar-refractivity contribution in [3.8, 4) is 0 Å². The number of thiophene rings is 1. The van der Waals surface area contributed by atoms with Gasteiger partial charge in [-0.1, -0.05) is 76.6 Å². The Morgan fingerprint density at radius 2 is 1.45 bits per heavy atom. The molecule has 156 valence electrons. The van der Waals surface area contributed by atoms with Crippen molar-refractivity contribution in [2.24, 2.45) is 0 Å². The van der Waals surface area contributed by atoms with Crippen molar-refractivity contribution in [3.63, 3.8) is 0 Å². The minimum atomic E-state index is 0.150. The summed E-state index contributed by atoms with van der Waals surface area (Å²) in [4.78, 5) is 17.7. The van der Waals surface area contributed by atoms with Crippen LogP contribution in [0.5, 0.6) is 0 Å². The van der Waals surface area contributed by atoms with Gasteiger partial charge in [0.25, 0.3) is 5.91 Å². The van der Waals surface area contributed by atoms with Crippen molar-refractivity contribution in [2.45, 2.75) is 6.04 Å². The molecule has 1 aliphatic rings. The normalized spacial score (nSPS) is 15.8. The third-order valence-corrected chi connectivity index (χ3v) is 7.47. The lowest BCUT2D eigenvalue weighted by Crippen LogP contribution is -2.49. The highest BCUT2D eigenvalue weighted by molar-refractivity contribution is 9.10. The largest absolute Gasteiger partial charge is 0.336 e. The van der Waals surface area contributed by atoms with Crippen molar-refractivity contribution >= 4 is 43.3 Å². The molecule has 0 aliphatic carbocycles. The summed E-state index contributed by atoms with van der Waals surface area (Å²) in [5, 5.41) is 3.07. The molecule has 0 spiro atoms. The molecule has 0 radical (unpaired) electrons. The second-order valence-corrected chi connectivity index (χ2v) is 9.67. The van der Waals surface area contributed by atoms with Gasteiger partial charge in [0, 0.05) is 46.1 Å². The van der Waals surface area contributed by atoms with Gasteiger partial charge in [-0.15, -0.1) is 11.3 Å². The Morgan fingerprint density at radius 1 is 0.806 bits per heavy atom. The smallest absolute Gasteiger partial charge is 0.255 e. The van der Waals surface area contributed by atoms with Crippen molar-refractivity contribution < 1.29 is 4.79 Å². The molecule has 0 bridgehead atoms. The zero-order chi connectivity index (χ0) is 21.2. The Kier molecular flexibility index (Phi) is 5.90. The van der Waals surface area contributed by atoms with Crippen LogP contribution in [0.4, 0.5) is 0 Å². The SMILES string of the molecule is O=C(c1csc2ccccc12)N1CCN([C@@H](c2ccccc2)c2ccc(Br)cc2)CC1. The fraction of sp³-hybridized carbons (Fsp3) is 0.192. The summed E-state index contributed by atoms with van der Waals surface area (Å²) in [5.41, 5.74) is 3.40. The first kappa shape index (κ1) is 20.4. The van der Waals surface area contributed by atoms with Crippen molar-refractivity contribution in [1.29, 1.82) is 0 Å². The predicted octanol–water partition coefficient (Wildman–Crippen LogP) is 6.21. The number of carbonyl (C=O) groups excluding carboxylic acids is 1. The van der Waals surface area contributed by atoms with Gasteiger partial charge in [0.05, 0.1) is 11.6 Å². The molecule has 0 saturated carbocycles. The lowest BCUT2D eigenvalue weighted by atomic mass is 9.96. The molecule has 1 atom stereocenters. The van der Waals surface area contributed by atoms with Crippen LogP contribution in [0.1, 0.15) is 27.5 Å². The van der Waals surface area contributed by atoms with Crippen molar-refractivity contribution in [1.82, 2.24) is 9.80 Å². The van der Waals surface area contributed by atoms with Gasteiger partial charge in [0.2, 0.25) is 0 Å². The molecule has 1 aliphatic heterocycles. The Morgan fingerprint density at radius 3 is 2.19 bits per heavy atom. The number of nitrogens with zero attached hydrogens (tertiary/aromatic N) is 2. The van der Waals surface area contributed by atoms with E-state index in [2.05, 4.69) is 81.5 Å². The van der Waals surface area contributed by atoms with E-state index in [-0.39, 0.29) is 11.9 Å². The third-order valence-electron chi connectivity index (χ3n) is 5.98. The molecule has 1 saturated heterocycles. The summed E-state index contributed by atoms with van der Waals surface area (Å²) >= 11 is 5.20. The van der Waals surface area contributed by atoms with Gasteiger partial charge in [-0.05, 0) is 29.3 Å². The molecule has 3 aromatic carbocycles. The number of benzene rings is 3. The van der Waals surface area contributed by atoms with E-state index in [1.54, 1.807) is 11.3 Å². The zero-order valence-electron chi connectivity index (χ0n) is 17.1. The van der Waals surface area contributed by atoms with Crippen LogP contribution in [0.25, 0.3) is 10.1 Å². The highest BCUT2D eigenvalue weighted by Gasteiger charge is 2.29. The fourth-order valence-corrected chi connectivity index (χ4v) is 5.59. The standard InChI is InChI=1S/C26H23BrN2OS/c27-21-12-10-20(11-13-21)25(19-6-2-1-3-7-19)28-14-16-29(17-15-28)26(30)23-18-31-24-9-5-4-8-22(23)24/h1-13,18,25H,14-17H2/t25-/m0/s1. The number of hydrogen-bond acceptors (Lipinski definition) is 3. The number of hydrogen-bond donors (Lipinski definition) is 0. The van der Waals surface area contributed by atoms with Gasteiger partial charge < -0.3 is 4.90 Å². The van der Waals surface area contributed by atoms with Gasteiger partial charge in [-0.2, -0.15) is 0 Å². The molecule has 1 amide bonds. The molecular weight excluding hydrogens is 468 g/mol. The summed E-state index contributed by atoms with van der Waals surface area (Å²) in [6, 6.07) is 27.6. The zero-order valence-corrected chi connectivity index (χ0v) is 19.5. The monoisotopic (exact) mass is 490 g/mol. The highest BCUT2D eigenvalue weighted by Crippen LogP contribution is 2.31. The van der Waals surface area contributed by atoms with Crippen LogP contribution in [0.15, 0.2) is 88.7 Å². The van der Waals surface area contributed by atoms with Gasteiger partial charge in [-0.25, -0.2) is 0 Å². The molecule has 5 rings (SSSR count). The second kappa shape index (κ2) is 8.95. The first-order valence-electron chi connectivity index (χ1n) is 10.5. The average molecular weight is 491 g/mol. The lowest BCUT2D eigenvalue weighted by molar-refractivity contribution is 0.0599. The van der Waals surface area contributed by atoms with Gasteiger partial charge in [0.15, 0.2) is 0 Å². The maximum Gasteiger partial charge on any atom is 0.255 e. The first-order valence-corrected chi connectivity index (χ1v) is 12.2. The summed E-state index contributed by atoms with van der Waals surface area (Å²) in [6.07, 6.45) is 0. The topological polar surface area (TPSA) is 23.6 Å². The summed E-state index contributed by atoms with van der Waals surface area (Å²) in [5.74, 6) is 0.150.